The molecule has 35 heavy (non-hydrogen) atoms. The van der Waals surface area contributed by atoms with E-state index in [4.69, 9.17) is 14.2 Å². The average Bonchev–Trinajstić information content (AvgIpc) is 3.16. The smallest absolute Gasteiger partial charge is 0.337 e. The van der Waals surface area contributed by atoms with Gasteiger partial charge in [-0.2, -0.15) is 0 Å². The SMILES string of the molecule is COC(=O)c1ccc(C2/C(=C(/O)c3ccc(OC)cc3)C(=O)C(=O)N2CCN2CCOCC2)cc1. The highest BCUT2D eigenvalue weighted by molar-refractivity contribution is 6.46. The van der Waals surface area contributed by atoms with Crippen LogP contribution < -0.4 is 4.74 Å². The van der Waals surface area contributed by atoms with Crippen molar-refractivity contribution in [2.45, 2.75) is 6.04 Å². The summed E-state index contributed by atoms with van der Waals surface area (Å²) in [4.78, 5) is 41.8. The zero-order valence-corrected chi connectivity index (χ0v) is 19.7. The normalized spacial score (nSPS) is 20.2. The number of methoxy groups -OCH3 is 2. The van der Waals surface area contributed by atoms with Crippen LogP contribution in [-0.2, 0) is 19.1 Å². The molecule has 2 aliphatic rings. The summed E-state index contributed by atoms with van der Waals surface area (Å²) in [5.74, 6) is -1.57. The molecule has 0 radical (unpaired) electrons. The summed E-state index contributed by atoms with van der Waals surface area (Å²) in [6.45, 7) is 3.59. The van der Waals surface area contributed by atoms with E-state index in [-0.39, 0.29) is 11.3 Å². The molecule has 1 unspecified atom stereocenters. The molecule has 0 saturated carbocycles. The predicted molar refractivity (Wildman–Crippen MR) is 127 cm³/mol. The number of carbonyl (C=O) groups excluding carboxylic acids is 3. The van der Waals surface area contributed by atoms with Crippen molar-refractivity contribution < 1.29 is 33.7 Å². The number of aliphatic hydroxyl groups excluding tert-OH is 1. The van der Waals surface area contributed by atoms with Crippen LogP contribution in [0.5, 0.6) is 5.75 Å². The number of nitrogens with zero attached hydrogens (tertiary/aromatic N) is 2. The lowest BCUT2D eigenvalue weighted by Gasteiger charge is -2.31. The molecule has 2 aromatic carbocycles. The van der Waals surface area contributed by atoms with Gasteiger partial charge in [0.15, 0.2) is 0 Å². The molecule has 2 aliphatic heterocycles. The Morgan fingerprint density at radius 1 is 0.971 bits per heavy atom. The number of ketones is 1. The molecular formula is C26H28N2O7. The molecule has 9 nitrogen and oxygen atoms in total. The third-order valence-electron chi connectivity index (χ3n) is 6.31. The van der Waals surface area contributed by atoms with Gasteiger partial charge in [0, 0.05) is 31.7 Å². The molecule has 2 aromatic rings. The number of ether oxygens (including phenoxy) is 3. The van der Waals surface area contributed by atoms with Crippen LogP contribution in [0, 0.1) is 0 Å². The van der Waals surface area contributed by atoms with Gasteiger partial charge in [-0.25, -0.2) is 4.79 Å². The van der Waals surface area contributed by atoms with Crippen LogP contribution in [0.3, 0.4) is 0 Å². The Kier molecular flexibility index (Phi) is 7.48. The first-order valence-electron chi connectivity index (χ1n) is 11.4. The lowest BCUT2D eigenvalue weighted by molar-refractivity contribution is -0.140. The molecule has 0 spiro atoms. The highest BCUT2D eigenvalue weighted by Crippen LogP contribution is 2.39. The number of likely N-dealkylation sites (tertiary alicyclic amines) is 1. The second kappa shape index (κ2) is 10.7. The number of Topliss-reactive ketones (excluding diaryl/α,β-unsaturated/α-hetero) is 1. The van der Waals surface area contributed by atoms with E-state index in [1.54, 1.807) is 48.5 Å². The van der Waals surface area contributed by atoms with E-state index in [1.165, 1.54) is 19.1 Å². The Hall–Kier alpha value is -3.69. The Morgan fingerprint density at radius 3 is 2.20 bits per heavy atom. The summed E-state index contributed by atoms with van der Waals surface area (Å²) in [5.41, 5.74) is 1.35. The summed E-state index contributed by atoms with van der Waals surface area (Å²) in [6, 6.07) is 12.3. The Labute approximate surface area is 203 Å². The number of benzene rings is 2. The highest BCUT2D eigenvalue weighted by Gasteiger charge is 2.46. The van der Waals surface area contributed by atoms with E-state index in [0.717, 1.165) is 13.1 Å². The number of esters is 1. The van der Waals surface area contributed by atoms with Gasteiger partial charge in [0.2, 0.25) is 0 Å². The molecular weight excluding hydrogens is 452 g/mol. The maximum Gasteiger partial charge on any atom is 0.337 e. The van der Waals surface area contributed by atoms with Crippen molar-refractivity contribution in [1.29, 1.82) is 0 Å². The first kappa shape index (κ1) is 24.4. The predicted octanol–water partition coefficient (Wildman–Crippen LogP) is 2.24. The van der Waals surface area contributed by atoms with E-state index in [2.05, 4.69) is 4.90 Å². The van der Waals surface area contributed by atoms with Crippen molar-refractivity contribution in [3.63, 3.8) is 0 Å². The fourth-order valence-corrected chi connectivity index (χ4v) is 4.35. The summed E-state index contributed by atoms with van der Waals surface area (Å²) in [5, 5.41) is 11.2. The van der Waals surface area contributed by atoms with Crippen molar-refractivity contribution in [2.24, 2.45) is 0 Å². The van der Waals surface area contributed by atoms with Crippen LogP contribution in [0.25, 0.3) is 5.76 Å². The van der Waals surface area contributed by atoms with E-state index >= 15 is 0 Å². The molecule has 2 saturated heterocycles. The van der Waals surface area contributed by atoms with Gasteiger partial charge in [0.25, 0.3) is 11.7 Å². The second-order valence-electron chi connectivity index (χ2n) is 8.29. The third-order valence-corrected chi connectivity index (χ3v) is 6.31. The lowest BCUT2D eigenvalue weighted by atomic mass is 9.94. The van der Waals surface area contributed by atoms with Crippen LogP contribution in [0.15, 0.2) is 54.1 Å². The van der Waals surface area contributed by atoms with E-state index in [0.29, 0.717) is 48.7 Å². The molecule has 2 heterocycles. The first-order chi connectivity index (χ1) is 16.9. The van der Waals surface area contributed by atoms with Gasteiger partial charge < -0.3 is 24.2 Å². The van der Waals surface area contributed by atoms with Crippen molar-refractivity contribution in [2.75, 3.05) is 53.6 Å². The minimum atomic E-state index is -0.801. The maximum absolute atomic E-state index is 13.2. The zero-order valence-electron chi connectivity index (χ0n) is 19.7. The molecule has 1 atom stereocenters. The molecule has 0 aliphatic carbocycles. The molecule has 1 N–H and O–H groups in total. The Bertz CT molecular complexity index is 1120. The standard InChI is InChI=1S/C26H28N2O7/c1-33-20-9-7-18(8-10-20)23(29)21-22(17-3-5-19(6-4-17)26(32)34-2)28(25(31)24(21)30)12-11-27-13-15-35-16-14-27/h3-10,22,29H,11-16H2,1-2H3/b23-21-. The molecule has 1 amide bonds. The van der Waals surface area contributed by atoms with Crippen molar-refractivity contribution in [1.82, 2.24) is 9.80 Å². The van der Waals surface area contributed by atoms with Gasteiger partial charge in [0.05, 0.1) is 44.6 Å². The summed E-state index contributed by atoms with van der Waals surface area (Å²) in [6.07, 6.45) is 0. The molecule has 0 aromatic heterocycles. The number of rotatable bonds is 7. The summed E-state index contributed by atoms with van der Waals surface area (Å²) in [7, 11) is 2.83. The van der Waals surface area contributed by atoms with Gasteiger partial charge in [-0.15, -0.1) is 0 Å². The molecule has 0 bridgehead atoms. The lowest BCUT2D eigenvalue weighted by Crippen LogP contribution is -2.42. The van der Waals surface area contributed by atoms with Crippen molar-refractivity contribution >= 4 is 23.4 Å². The van der Waals surface area contributed by atoms with Crippen LogP contribution in [0.4, 0.5) is 0 Å². The number of amides is 1. The van der Waals surface area contributed by atoms with Gasteiger partial charge in [0.1, 0.15) is 11.5 Å². The summed E-state index contributed by atoms with van der Waals surface area (Å²) < 4.78 is 15.3. The fourth-order valence-electron chi connectivity index (χ4n) is 4.35. The number of morpholine rings is 1. The number of hydrogen-bond acceptors (Lipinski definition) is 8. The van der Waals surface area contributed by atoms with Crippen LogP contribution >= 0.6 is 0 Å². The molecule has 9 heteroatoms. The second-order valence-corrected chi connectivity index (χ2v) is 8.29. The quantitative estimate of drug-likeness (QED) is 0.278. The molecule has 4 rings (SSSR count). The Balaban J connectivity index is 1.73. The van der Waals surface area contributed by atoms with Gasteiger partial charge in [-0.3, -0.25) is 14.5 Å². The minimum Gasteiger partial charge on any atom is -0.507 e. The Morgan fingerprint density at radius 2 is 1.60 bits per heavy atom. The van der Waals surface area contributed by atoms with Crippen LogP contribution in [0.2, 0.25) is 0 Å². The average molecular weight is 481 g/mol. The van der Waals surface area contributed by atoms with E-state index < -0.39 is 23.7 Å². The van der Waals surface area contributed by atoms with Crippen molar-refractivity contribution in [3.8, 4) is 5.75 Å². The van der Waals surface area contributed by atoms with E-state index in [9.17, 15) is 19.5 Å². The van der Waals surface area contributed by atoms with Gasteiger partial charge >= 0.3 is 5.97 Å². The first-order valence-corrected chi connectivity index (χ1v) is 11.4. The zero-order chi connectivity index (χ0) is 24.9. The number of carbonyl (C=O) groups is 3. The number of aliphatic hydroxyl groups is 1. The maximum atomic E-state index is 13.2. The largest absolute Gasteiger partial charge is 0.507 e. The third kappa shape index (κ3) is 5.06. The van der Waals surface area contributed by atoms with Crippen molar-refractivity contribution in [3.05, 3.63) is 70.8 Å². The topological polar surface area (TPSA) is 106 Å². The van der Waals surface area contributed by atoms with Crippen LogP contribution in [0.1, 0.15) is 27.5 Å². The highest BCUT2D eigenvalue weighted by atomic mass is 16.5. The molecule has 2 fully saturated rings. The molecule has 184 valence electrons. The monoisotopic (exact) mass is 480 g/mol. The minimum absolute atomic E-state index is 0.00737. The van der Waals surface area contributed by atoms with E-state index in [1.807, 2.05) is 0 Å². The van der Waals surface area contributed by atoms with Crippen LogP contribution in [-0.4, -0.2) is 86.2 Å². The van der Waals surface area contributed by atoms with Gasteiger partial charge in [-0.1, -0.05) is 12.1 Å². The fraction of sp³-hybridized carbons (Fsp3) is 0.346. The number of hydrogen-bond donors (Lipinski definition) is 1. The summed E-state index contributed by atoms with van der Waals surface area (Å²) >= 11 is 0. The van der Waals surface area contributed by atoms with Gasteiger partial charge in [-0.05, 0) is 42.0 Å².